The van der Waals surface area contributed by atoms with E-state index in [4.69, 9.17) is 4.74 Å². The van der Waals surface area contributed by atoms with E-state index in [-0.39, 0.29) is 24.4 Å². The Labute approximate surface area is 124 Å². The van der Waals surface area contributed by atoms with E-state index in [1.807, 2.05) is 6.92 Å². The maximum atomic E-state index is 12.1. The minimum absolute atomic E-state index is 0.0302. The number of nitrogens with one attached hydrogen (secondary N) is 2. The zero-order chi connectivity index (χ0) is 15.2. The average Bonchev–Trinajstić information content (AvgIpc) is 2.64. The summed E-state index contributed by atoms with van der Waals surface area (Å²) in [5.41, 5.74) is 0.689. The number of nitrogens with zero attached hydrogens (tertiary/aromatic N) is 1. The summed E-state index contributed by atoms with van der Waals surface area (Å²) < 4.78 is 5.06. The quantitative estimate of drug-likeness (QED) is 0.862. The largest absolute Gasteiger partial charge is 0.497 e. The van der Waals surface area contributed by atoms with Gasteiger partial charge >= 0.3 is 0 Å². The maximum Gasteiger partial charge on any atom is 0.243 e. The molecule has 0 aromatic heterocycles. The summed E-state index contributed by atoms with van der Waals surface area (Å²) in [6.07, 6.45) is 0.853. The SMILES string of the molecule is COc1ccc(NC(=O)CN2CCCNC(C)C2=O)cc1. The van der Waals surface area contributed by atoms with E-state index in [2.05, 4.69) is 10.6 Å². The van der Waals surface area contributed by atoms with Crippen LogP contribution in [0.25, 0.3) is 0 Å². The topological polar surface area (TPSA) is 70.7 Å². The number of carbonyl (C=O) groups excluding carboxylic acids is 2. The van der Waals surface area contributed by atoms with E-state index in [9.17, 15) is 9.59 Å². The Hall–Kier alpha value is -2.08. The fourth-order valence-electron chi connectivity index (χ4n) is 2.27. The Kier molecular flexibility index (Phi) is 5.16. The number of carbonyl (C=O) groups is 2. The molecule has 1 aromatic carbocycles. The smallest absolute Gasteiger partial charge is 0.243 e. The van der Waals surface area contributed by atoms with Crippen molar-refractivity contribution in [2.45, 2.75) is 19.4 Å². The molecule has 1 aromatic rings. The highest BCUT2D eigenvalue weighted by molar-refractivity contribution is 5.95. The van der Waals surface area contributed by atoms with Gasteiger partial charge in [0.05, 0.1) is 19.7 Å². The zero-order valence-electron chi connectivity index (χ0n) is 12.4. The molecule has 1 heterocycles. The van der Waals surface area contributed by atoms with Crippen molar-refractivity contribution < 1.29 is 14.3 Å². The Balaban J connectivity index is 1.92. The molecule has 0 radical (unpaired) electrons. The predicted molar refractivity (Wildman–Crippen MR) is 80.3 cm³/mol. The lowest BCUT2D eigenvalue weighted by Crippen LogP contribution is -2.44. The summed E-state index contributed by atoms with van der Waals surface area (Å²) in [5.74, 6) is 0.510. The third-order valence-electron chi connectivity index (χ3n) is 3.45. The molecular formula is C15H21N3O3. The number of rotatable bonds is 4. The van der Waals surface area contributed by atoms with Gasteiger partial charge in [-0.15, -0.1) is 0 Å². The van der Waals surface area contributed by atoms with Crippen molar-refractivity contribution in [1.29, 1.82) is 0 Å². The summed E-state index contributed by atoms with van der Waals surface area (Å²) in [7, 11) is 1.59. The van der Waals surface area contributed by atoms with Crippen molar-refractivity contribution in [2.75, 3.05) is 32.1 Å². The molecule has 1 aliphatic rings. The number of methoxy groups -OCH3 is 1. The maximum absolute atomic E-state index is 12.1. The van der Waals surface area contributed by atoms with Gasteiger partial charge in [0, 0.05) is 12.2 Å². The molecule has 2 amide bonds. The van der Waals surface area contributed by atoms with Gasteiger partial charge in [0.2, 0.25) is 11.8 Å². The van der Waals surface area contributed by atoms with E-state index in [1.165, 1.54) is 0 Å². The normalized spacial score (nSPS) is 19.0. The molecule has 1 unspecified atom stereocenters. The van der Waals surface area contributed by atoms with Crippen molar-refractivity contribution in [1.82, 2.24) is 10.2 Å². The molecule has 2 N–H and O–H groups in total. The molecule has 6 nitrogen and oxygen atoms in total. The van der Waals surface area contributed by atoms with Crippen LogP contribution in [-0.4, -0.2) is 49.5 Å². The van der Waals surface area contributed by atoms with E-state index in [0.29, 0.717) is 12.2 Å². The number of amides is 2. The van der Waals surface area contributed by atoms with E-state index in [0.717, 1.165) is 18.7 Å². The van der Waals surface area contributed by atoms with Gasteiger partial charge in [-0.2, -0.15) is 0 Å². The van der Waals surface area contributed by atoms with Crippen molar-refractivity contribution in [3.63, 3.8) is 0 Å². The molecule has 0 bridgehead atoms. The molecule has 1 fully saturated rings. The molecule has 1 atom stereocenters. The Morgan fingerprint density at radius 1 is 1.43 bits per heavy atom. The molecular weight excluding hydrogens is 270 g/mol. The molecule has 0 aliphatic carbocycles. The van der Waals surface area contributed by atoms with E-state index >= 15 is 0 Å². The van der Waals surface area contributed by atoms with Gasteiger partial charge in [-0.3, -0.25) is 9.59 Å². The van der Waals surface area contributed by atoms with Crippen LogP contribution in [-0.2, 0) is 9.59 Å². The molecule has 0 spiro atoms. The van der Waals surface area contributed by atoms with Crippen molar-refractivity contribution in [3.05, 3.63) is 24.3 Å². The van der Waals surface area contributed by atoms with Crippen LogP contribution in [0, 0.1) is 0 Å². The van der Waals surface area contributed by atoms with Gasteiger partial charge in [0.15, 0.2) is 0 Å². The molecule has 1 saturated heterocycles. The van der Waals surface area contributed by atoms with Crippen molar-refractivity contribution in [3.8, 4) is 5.75 Å². The first kappa shape index (κ1) is 15.3. The summed E-state index contributed by atoms with van der Waals surface area (Å²) in [4.78, 5) is 25.7. The van der Waals surface area contributed by atoms with Crippen LogP contribution in [0.1, 0.15) is 13.3 Å². The summed E-state index contributed by atoms with van der Waals surface area (Å²) in [6, 6.07) is 6.86. The lowest BCUT2D eigenvalue weighted by atomic mass is 10.3. The molecule has 1 aliphatic heterocycles. The number of ether oxygens (including phenoxy) is 1. The van der Waals surface area contributed by atoms with Gasteiger partial charge in [-0.25, -0.2) is 0 Å². The van der Waals surface area contributed by atoms with Gasteiger partial charge in [0.1, 0.15) is 5.75 Å². The average molecular weight is 291 g/mol. The van der Waals surface area contributed by atoms with Crippen LogP contribution in [0.3, 0.4) is 0 Å². The first-order valence-corrected chi connectivity index (χ1v) is 7.06. The highest BCUT2D eigenvalue weighted by Crippen LogP contribution is 2.15. The third-order valence-corrected chi connectivity index (χ3v) is 3.45. The first-order chi connectivity index (χ1) is 10.1. The van der Waals surface area contributed by atoms with Gasteiger partial charge in [-0.1, -0.05) is 0 Å². The van der Waals surface area contributed by atoms with Crippen LogP contribution in [0.15, 0.2) is 24.3 Å². The Morgan fingerprint density at radius 3 is 2.81 bits per heavy atom. The van der Waals surface area contributed by atoms with Gasteiger partial charge in [0.25, 0.3) is 0 Å². The summed E-state index contributed by atoms with van der Waals surface area (Å²) in [5, 5.41) is 5.91. The van der Waals surface area contributed by atoms with Crippen LogP contribution in [0.5, 0.6) is 5.75 Å². The van der Waals surface area contributed by atoms with Crippen LogP contribution in [0.2, 0.25) is 0 Å². The zero-order valence-corrected chi connectivity index (χ0v) is 12.4. The second-order valence-corrected chi connectivity index (χ2v) is 5.07. The number of hydrogen-bond donors (Lipinski definition) is 2. The number of benzene rings is 1. The van der Waals surface area contributed by atoms with E-state index < -0.39 is 0 Å². The second-order valence-electron chi connectivity index (χ2n) is 5.07. The summed E-state index contributed by atoms with van der Waals surface area (Å²) >= 11 is 0. The summed E-state index contributed by atoms with van der Waals surface area (Å²) in [6.45, 7) is 3.30. The highest BCUT2D eigenvalue weighted by Gasteiger charge is 2.24. The third kappa shape index (κ3) is 4.19. The second kappa shape index (κ2) is 7.08. The molecule has 21 heavy (non-hydrogen) atoms. The first-order valence-electron chi connectivity index (χ1n) is 7.06. The van der Waals surface area contributed by atoms with Gasteiger partial charge < -0.3 is 20.3 Å². The molecule has 6 heteroatoms. The van der Waals surface area contributed by atoms with Crippen LogP contribution >= 0.6 is 0 Å². The highest BCUT2D eigenvalue weighted by atomic mass is 16.5. The lowest BCUT2D eigenvalue weighted by molar-refractivity contribution is -0.135. The standard InChI is InChI=1S/C15H21N3O3/c1-11-15(20)18(9-3-8-16-11)10-14(19)17-12-4-6-13(21-2)7-5-12/h4-7,11,16H,3,8-10H2,1-2H3,(H,17,19). The predicted octanol–water partition coefficient (Wildman–Crippen LogP) is 0.844. The minimum Gasteiger partial charge on any atom is -0.497 e. The van der Waals surface area contributed by atoms with Gasteiger partial charge in [-0.05, 0) is 44.2 Å². The van der Waals surface area contributed by atoms with Crippen molar-refractivity contribution in [2.24, 2.45) is 0 Å². The number of anilines is 1. The fraction of sp³-hybridized carbons (Fsp3) is 0.467. The molecule has 2 rings (SSSR count). The van der Waals surface area contributed by atoms with Crippen LogP contribution < -0.4 is 15.4 Å². The number of hydrogen-bond acceptors (Lipinski definition) is 4. The molecule has 0 saturated carbocycles. The lowest BCUT2D eigenvalue weighted by Gasteiger charge is -2.22. The van der Waals surface area contributed by atoms with Crippen LogP contribution in [0.4, 0.5) is 5.69 Å². The fourth-order valence-corrected chi connectivity index (χ4v) is 2.27. The minimum atomic E-state index is -0.235. The van der Waals surface area contributed by atoms with E-state index in [1.54, 1.807) is 36.3 Å². The van der Waals surface area contributed by atoms with Crippen molar-refractivity contribution >= 4 is 17.5 Å². The molecule has 114 valence electrons. The Morgan fingerprint density at radius 2 is 2.14 bits per heavy atom. The Bertz CT molecular complexity index is 501. The monoisotopic (exact) mass is 291 g/mol.